The van der Waals surface area contributed by atoms with Crippen LogP contribution in [0.1, 0.15) is 47.3 Å². The summed E-state index contributed by atoms with van der Waals surface area (Å²) in [4.78, 5) is 30.2. The molecule has 1 aromatic heterocycles. The van der Waals surface area contributed by atoms with Crippen LogP contribution in [0.25, 0.3) is 0 Å². The molecule has 4 rings (SSSR count). The largest absolute Gasteiger partial charge is 0.312 e. The second kappa shape index (κ2) is 5.45. The fourth-order valence-electron chi connectivity index (χ4n) is 2.95. The van der Waals surface area contributed by atoms with E-state index in [1.165, 1.54) is 24.2 Å². The number of nitrogens with one attached hydrogen (secondary N) is 1. The van der Waals surface area contributed by atoms with Crippen LogP contribution in [-0.4, -0.2) is 23.3 Å². The van der Waals surface area contributed by atoms with E-state index in [0.717, 1.165) is 23.4 Å². The Hall–Kier alpha value is -2.21. The lowest BCUT2D eigenvalue weighted by molar-refractivity contribution is -0.116. The van der Waals surface area contributed by atoms with Crippen molar-refractivity contribution in [2.45, 2.75) is 32.1 Å². The lowest BCUT2D eigenvalue weighted by atomic mass is 10.1. The van der Waals surface area contributed by atoms with Crippen molar-refractivity contribution < 1.29 is 9.59 Å². The van der Waals surface area contributed by atoms with Gasteiger partial charge in [-0.25, -0.2) is 4.98 Å². The maximum Gasteiger partial charge on any atom is 0.257 e. The van der Waals surface area contributed by atoms with Gasteiger partial charge < -0.3 is 4.90 Å². The Morgan fingerprint density at radius 2 is 2.17 bits per heavy atom. The predicted molar refractivity (Wildman–Crippen MR) is 90.2 cm³/mol. The summed E-state index contributed by atoms with van der Waals surface area (Å²) in [5.41, 5.74) is 3.67. The number of carbonyl (C=O) groups is 2. The van der Waals surface area contributed by atoms with E-state index in [1.54, 1.807) is 17.9 Å². The van der Waals surface area contributed by atoms with Crippen molar-refractivity contribution in [2.75, 3.05) is 16.8 Å². The number of amides is 2. The second-order valence-corrected chi connectivity index (χ2v) is 6.93. The van der Waals surface area contributed by atoms with E-state index in [4.69, 9.17) is 0 Å². The topological polar surface area (TPSA) is 62.3 Å². The number of rotatable bonds is 3. The molecule has 5 nitrogen and oxygen atoms in total. The Morgan fingerprint density at radius 3 is 2.91 bits per heavy atom. The second-order valence-electron chi connectivity index (χ2n) is 6.07. The predicted octanol–water partition coefficient (Wildman–Crippen LogP) is 3.18. The number of hydrogen-bond acceptors (Lipinski definition) is 4. The molecule has 6 heteroatoms. The number of carbonyl (C=O) groups excluding carboxylic acids is 2. The van der Waals surface area contributed by atoms with E-state index in [0.29, 0.717) is 23.2 Å². The van der Waals surface area contributed by atoms with Crippen LogP contribution in [0.4, 0.5) is 10.8 Å². The maximum absolute atomic E-state index is 12.4. The van der Waals surface area contributed by atoms with Gasteiger partial charge in [0.1, 0.15) is 0 Å². The first kappa shape index (κ1) is 14.4. The molecular formula is C17H17N3O2S. The van der Waals surface area contributed by atoms with Crippen molar-refractivity contribution >= 4 is 34.0 Å². The molecule has 0 spiro atoms. The minimum Gasteiger partial charge on any atom is -0.312 e. The molecule has 0 radical (unpaired) electrons. The highest BCUT2D eigenvalue weighted by atomic mass is 32.1. The summed E-state index contributed by atoms with van der Waals surface area (Å²) in [5, 5.41) is 5.56. The van der Waals surface area contributed by atoms with Gasteiger partial charge in [0.15, 0.2) is 5.13 Å². The SMILES string of the molecule is CC(=O)N1CCc2cc(C(=O)Nc3nc(C4CC4)cs3)ccc21. The number of fused-ring (bicyclic) bond motifs is 1. The lowest BCUT2D eigenvalue weighted by Crippen LogP contribution is -2.25. The molecule has 1 aliphatic carbocycles. The fraction of sp³-hybridized carbons (Fsp3) is 0.353. The third-order valence-electron chi connectivity index (χ3n) is 4.36. The van der Waals surface area contributed by atoms with Crippen LogP contribution in [0, 0.1) is 0 Å². The van der Waals surface area contributed by atoms with Gasteiger partial charge in [-0.1, -0.05) is 0 Å². The van der Waals surface area contributed by atoms with Crippen LogP contribution < -0.4 is 10.2 Å². The molecule has 1 N–H and O–H groups in total. The first-order chi connectivity index (χ1) is 11.1. The average molecular weight is 327 g/mol. The lowest BCUT2D eigenvalue weighted by Gasteiger charge is -2.14. The first-order valence-electron chi connectivity index (χ1n) is 7.79. The molecule has 2 aliphatic rings. The van der Waals surface area contributed by atoms with E-state index in [-0.39, 0.29) is 11.8 Å². The van der Waals surface area contributed by atoms with E-state index >= 15 is 0 Å². The van der Waals surface area contributed by atoms with Crippen molar-refractivity contribution in [2.24, 2.45) is 0 Å². The summed E-state index contributed by atoms with van der Waals surface area (Å²) < 4.78 is 0. The van der Waals surface area contributed by atoms with Gasteiger partial charge in [-0.2, -0.15) is 0 Å². The van der Waals surface area contributed by atoms with Gasteiger partial charge in [0.25, 0.3) is 5.91 Å². The highest BCUT2D eigenvalue weighted by molar-refractivity contribution is 7.14. The summed E-state index contributed by atoms with van der Waals surface area (Å²) in [6, 6.07) is 5.50. The summed E-state index contributed by atoms with van der Waals surface area (Å²) in [6.45, 7) is 2.25. The Labute approximate surface area is 138 Å². The van der Waals surface area contributed by atoms with Gasteiger partial charge in [-0.15, -0.1) is 11.3 Å². The number of aromatic nitrogens is 1. The molecule has 0 atom stereocenters. The molecule has 0 unspecified atom stereocenters. The van der Waals surface area contributed by atoms with Crippen molar-refractivity contribution in [3.8, 4) is 0 Å². The maximum atomic E-state index is 12.4. The Kier molecular flexibility index (Phi) is 3.41. The van der Waals surface area contributed by atoms with E-state index in [9.17, 15) is 9.59 Å². The molecule has 2 aromatic rings. The fourth-order valence-corrected chi connectivity index (χ4v) is 3.74. The summed E-state index contributed by atoms with van der Waals surface area (Å²) in [6.07, 6.45) is 3.20. The molecule has 0 bridgehead atoms. The van der Waals surface area contributed by atoms with Crippen molar-refractivity contribution in [1.82, 2.24) is 4.98 Å². The average Bonchev–Trinajstić information content (AvgIpc) is 3.12. The van der Waals surface area contributed by atoms with Crippen LogP contribution in [0.15, 0.2) is 23.6 Å². The molecule has 1 aromatic carbocycles. The van der Waals surface area contributed by atoms with Gasteiger partial charge in [-0.3, -0.25) is 14.9 Å². The molecule has 1 saturated carbocycles. The molecule has 23 heavy (non-hydrogen) atoms. The normalized spacial score (nSPS) is 16.3. The monoisotopic (exact) mass is 327 g/mol. The molecule has 0 saturated heterocycles. The van der Waals surface area contributed by atoms with Crippen LogP contribution >= 0.6 is 11.3 Å². The van der Waals surface area contributed by atoms with Gasteiger partial charge in [0.2, 0.25) is 5.91 Å². The van der Waals surface area contributed by atoms with Crippen LogP contribution in [0.2, 0.25) is 0 Å². The molecule has 2 amide bonds. The van der Waals surface area contributed by atoms with Crippen LogP contribution in [-0.2, 0) is 11.2 Å². The van der Waals surface area contributed by atoms with Gasteiger partial charge in [0, 0.05) is 36.0 Å². The molecule has 1 fully saturated rings. The zero-order valence-electron chi connectivity index (χ0n) is 12.8. The Balaban J connectivity index is 1.51. The number of thiazole rings is 1. The number of anilines is 2. The summed E-state index contributed by atoms with van der Waals surface area (Å²) >= 11 is 1.47. The minimum absolute atomic E-state index is 0.0383. The Bertz CT molecular complexity index is 795. The van der Waals surface area contributed by atoms with E-state index in [1.807, 2.05) is 17.5 Å². The highest BCUT2D eigenvalue weighted by Crippen LogP contribution is 2.41. The van der Waals surface area contributed by atoms with Gasteiger partial charge in [-0.05, 0) is 43.0 Å². The minimum atomic E-state index is -0.147. The zero-order chi connectivity index (χ0) is 16.0. The van der Waals surface area contributed by atoms with Gasteiger partial charge in [0.05, 0.1) is 5.69 Å². The molecule has 118 valence electrons. The number of hydrogen-bond donors (Lipinski definition) is 1. The molecular weight excluding hydrogens is 310 g/mol. The van der Waals surface area contributed by atoms with Crippen molar-refractivity contribution in [3.63, 3.8) is 0 Å². The van der Waals surface area contributed by atoms with Gasteiger partial charge >= 0.3 is 0 Å². The standard InChI is InChI=1S/C17H17N3O2S/c1-10(21)20-7-6-12-8-13(4-5-15(12)20)16(22)19-17-18-14(9-23-17)11-2-3-11/h4-5,8-9,11H,2-3,6-7H2,1H3,(H,18,19,22). The van der Waals surface area contributed by atoms with Crippen LogP contribution in [0.3, 0.4) is 0 Å². The van der Waals surface area contributed by atoms with Crippen molar-refractivity contribution in [3.05, 3.63) is 40.4 Å². The summed E-state index contributed by atoms with van der Waals surface area (Å²) in [7, 11) is 0. The summed E-state index contributed by atoms with van der Waals surface area (Å²) in [5.74, 6) is 0.483. The first-order valence-corrected chi connectivity index (χ1v) is 8.67. The van der Waals surface area contributed by atoms with E-state index in [2.05, 4.69) is 10.3 Å². The third-order valence-corrected chi connectivity index (χ3v) is 5.13. The zero-order valence-corrected chi connectivity index (χ0v) is 13.7. The third kappa shape index (κ3) is 2.74. The molecule has 2 heterocycles. The number of benzene rings is 1. The van der Waals surface area contributed by atoms with Crippen molar-refractivity contribution in [1.29, 1.82) is 0 Å². The van der Waals surface area contributed by atoms with Crippen LogP contribution in [0.5, 0.6) is 0 Å². The smallest absolute Gasteiger partial charge is 0.257 e. The van der Waals surface area contributed by atoms with E-state index < -0.39 is 0 Å². The molecule has 1 aliphatic heterocycles. The number of nitrogens with zero attached hydrogens (tertiary/aromatic N) is 2. The Morgan fingerprint density at radius 1 is 1.35 bits per heavy atom. The quantitative estimate of drug-likeness (QED) is 0.942. The highest BCUT2D eigenvalue weighted by Gasteiger charge is 2.26.